The summed E-state index contributed by atoms with van der Waals surface area (Å²) in [4.78, 5) is 4.57. The van der Waals surface area contributed by atoms with Crippen LogP contribution in [0.2, 0.25) is 0 Å². The molecular formula is C15H18N2S. The fraction of sp³-hybridized carbons (Fsp3) is 0.400. The van der Waals surface area contributed by atoms with E-state index < -0.39 is 0 Å². The van der Waals surface area contributed by atoms with E-state index >= 15 is 0 Å². The molecule has 0 amide bonds. The number of aromatic nitrogens is 1. The summed E-state index contributed by atoms with van der Waals surface area (Å²) in [6, 6.07) is 10.5. The molecule has 0 radical (unpaired) electrons. The Balaban J connectivity index is 1.85. The van der Waals surface area contributed by atoms with Gasteiger partial charge in [-0.3, -0.25) is 4.98 Å². The zero-order chi connectivity index (χ0) is 12.4. The third-order valence-corrected chi connectivity index (χ3v) is 4.68. The summed E-state index contributed by atoms with van der Waals surface area (Å²) in [6.45, 7) is 3.14. The van der Waals surface area contributed by atoms with Crippen molar-refractivity contribution in [2.45, 2.75) is 13.3 Å². The average Bonchev–Trinajstić information content (AvgIpc) is 2.89. The second kappa shape index (κ2) is 5.19. The van der Waals surface area contributed by atoms with E-state index in [1.54, 1.807) is 0 Å². The minimum atomic E-state index is 0.822. The van der Waals surface area contributed by atoms with Crippen LogP contribution in [0.3, 0.4) is 0 Å². The molecule has 2 nitrogen and oxygen atoms in total. The lowest BCUT2D eigenvalue weighted by Crippen LogP contribution is -2.13. The molecule has 0 spiro atoms. The van der Waals surface area contributed by atoms with E-state index in [1.807, 2.05) is 6.07 Å². The Morgan fingerprint density at radius 3 is 3.11 bits per heavy atom. The van der Waals surface area contributed by atoms with Gasteiger partial charge in [0.05, 0.1) is 5.52 Å². The third kappa shape index (κ3) is 2.46. The number of fused-ring (bicyclic) bond motifs is 1. The highest BCUT2D eigenvalue weighted by molar-refractivity contribution is 7.99. The van der Waals surface area contributed by atoms with Crippen molar-refractivity contribution < 1.29 is 0 Å². The van der Waals surface area contributed by atoms with Gasteiger partial charge < -0.3 is 5.32 Å². The maximum Gasteiger partial charge on any atom is 0.0725 e. The van der Waals surface area contributed by atoms with Crippen molar-refractivity contribution in [3.05, 3.63) is 36.0 Å². The molecule has 0 saturated carbocycles. The first-order chi connectivity index (χ1) is 8.83. The van der Waals surface area contributed by atoms with Gasteiger partial charge in [0.25, 0.3) is 0 Å². The maximum absolute atomic E-state index is 4.57. The van der Waals surface area contributed by atoms with Crippen LogP contribution in [-0.2, 0) is 0 Å². The second-order valence-electron chi connectivity index (χ2n) is 4.94. The molecule has 1 fully saturated rings. The van der Waals surface area contributed by atoms with Crippen LogP contribution in [0.1, 0.15) is 12.1 Å². The van der Waals surface area contributed by atoms with Crippen LogP contribution in [-0.4, -0.2) is 23.0 Å². The first-order valence-electron chi connectivity index (χ1n) is 6.51. The highest BCUT2D eigenvalue weighted by Crippen LogP contribution is 2.26. The number of para-hydroxylation sites is 1. The van der Waals surface area contributed by atoms with E-state index in [0.717, 1.165) is 23.7 Å². The van der Waals surface area contributed by atoms with E-state index in [1.165, 1.54) is 29.0 Å². The van der Waals surface area contributed by atoms with E-state index in [-0.39, 0.29) is 0 Å². The van der Waals surface area contributed by atoms with Gasteiger partial charge in [-0.05, 0) is 42.9 Å². The maximum atomic E-state index is 4.57. The van der Waals surface area contributed by atoms with Crippen molar-refractivity contribution in [1.29, 1.82) is 0 Å². The van der Waals surface area contributed by atoms with Gasteiger partial charge >= 0.3 is 0 Å². The molecule has 1 saturated heterocycles. The van der Waals surface area contributed by atoms with Gasteiger partial charge in [0.1, 0.15) is 0 Å². The normalized spacial score (nSPS) is 19.3. The second-order valence-corrected chi connectivity index (χ2v) is 6.09. The molecule has 0 bridgehead atoms. The third-order valence-electron chi connectivity index (χ3n) is 3.45. The van der Waals surface area contributed by atoms with Crippen molar-refractivity contribution in [2.75, 3.05) is 23.4 Å². The first-order valence-corrected chi connectivity index (χ1v) is 7.66. The van der Waals surface area contributed by atoms with Crippen molar-refractivity contribution >= 4 is 28.4 Å². The minimum Gasteiger partial charge on any atom is -0.384 e. The quantitative estimate of drug-likeness (QED) is 0.908. The van der Waals surface area contributed by atoms with Crippen LogP contribution in [0.15, 0.2) is 30.3 Å². The fourth-order valence-corrected chi connectivity index (χ4v) is 3.74. The number of hydrogen-bond acceptors (Lipinski definition) is 3. The number of aryl methyl sites for hydroxylation is 1. The number of nitrogens with one attached hydrogen (secondary N) is 1. The summed E-state index contributed by atoms with van der Waals surface area (Å²) in [5, 5.41) is 4.85. The highest BCUT2D eigenvalue weighted by atomic mass is 32.2. The number of hydrogen-bond donors (Lipinski definition) is 1. The summed E-state index contributed by atoms with van der Waals surface area (Å²) in [6.07, 6.45) is 1.35. The molecule has 18 heavy (non-hydrogen) atoms. The number of anilines is 1. The molecular weight excluding hydrogens is 240 g/mol. The van der Waals surface area contributed by atoms with Crippen molar-refractivity contribution in [3.63, 3.8) is 0 Å². The molecule has 2 heterocycles. The molecule has 3 rings (SSSR count). The van der Waals surface area contributed by atoms with Gasteiger partial charge in [-0.15, -0.1) is 0 Å². The molecule has 2 aromatic rings. The largest absolute Gasteiger partial charge is 0.384 e. The summed E-state index contributed by atoms with van der Waals surface area (Å²) >= 11 is 2.07. The number of pyridine rings is 1. The molecule has 1 N–H and O–H groups in total. The number of rotatable bonds is 3. The number of nitrogens with zero attached hydrogens (tertiary/aromatic N) is 1. The molecule has 1 aromatic carbocycles. The summed E-state index contributed by atoms with van der Waals surface area (Å²) < 4.78 is 0. The molecule has 0 aliphatic carbocycles. The Bertz CT molecular complexity index is 547. The minimum absolute atomic E-state index is 0.822. The van der Waals surface area contributed by atoms with Gasteiger partial charge in [-0.1, -0.05) is 18.2 Å². The van der Waals surface area contributed by atoms with Gasteiger partial charge in [0.15, 0.2) is 0 Å². The Morgan fingerprint density at radius 2 is 2.28 bits per heavy atom. The standard InChI is InChI=1S/C15H18N2S/c1-11-8-15(16-9-12-6-7-18-10-12)13-4-2-3-5-14(13)17-11/h2-5,8,12H,6-7,9-10H2,1H3,(H,16,17). The predicted molar refractivity (Wildman–Crippen MR) is 80.4 cm³/mol. The Kier molecular flexibility index (Phi) is 3.41. The lowest BCUT2D eigenvalue weighted by atomic mass is 10.1. The van der Waals surface area contributed by atoms with Gasteiger partial charge in [0.2, 0.25) is 0 Å². The van der Waals surface area contributed by atoms with Crippen LogP contribution in [0, 0.1) is 12.8 Å². The Morgan fingerprint density at radius 1 is 1.39 bits per heavy atom. The molecule has 3 heteroatoms. The van der Waals surface area contributed by atoms with Gasteiger partial charge in [-0.25, -0.2) is 0 Å². The van der Waals surface area contributed by atoms with E-state index in [4.69, 9.17) is 0 Å². The summed E-state index contributed by atoms with van der Waals surface area (Å²) in [5.41, 5.74) is 3.40. The number of benzene rings is 1. The molecule has 1 atom stereocenters. The van der Waals surface area contributed by atoms with Crippen LogP contribution < -0.4 is 5.32 Å². The first kappa shape index (κ1) is 11.8. The van der Waals surface area contributed by atoms with Crippen LogP contribution in [0.5, 0.6) is 0 Å². The smallest absolute Gasteiger partial charge is 0.0725 e. The van der Waals surface area contributed by atoms with Crippen LogP contribution in [0.25, 0.3) is 10.9 Å². The van der Waals surface area contributed by atoms with Gasteiger partial charge in [0, 0.05) is 23.3 Å². The topological polar surface area (TPSA) is 24.9 Å². The number of thioether (sulfide) groups is 1. The predicted octanol–water partition coefficient (Wildman–Crippen LogP) is 3.71. The van der Waals surface area contributed by atoms with Gasteiger partial charge in [-0.2, -0.15) is 11.8 Å². The van der Waals surface area contributed by atoms with Crippen molar-refractivity contribution in [2.24, 2.45) is 5.92 Å². The monoisotopic (exact) mass is 258 g/mol. The highest BCUT2D eigenvalue weighted by Gasteiger charge is 2.15. The Hall–Kier alpha value is -1.22. The van der Waals surface area contributed by atoms with E-state index in [2.05, 4.69) is 53.3 Å². The average molecular weight is 258 g/mol. The van der Waals surface area contributed by atoms with Crippen molar-refractivity contribution in [3.8, 4) is 0 Å². The summed E-state index contributed by atoms with van der Waals surface area (Å²) in [7, 11) is 0. The zero-order valence-electron chi connectivity index (χ0n) is 10.6. The van der Waals surface area contributed by atoms with E-state index in [0.29, 0.717) is 0 Å². The van der Waals surface area contributed by atoms with E-state index in [9.17, 15) is 0 Å². The van der Waals surface area contributed by atoms with Crippen molar-refractivity contribution in [1.82, 2.24) is 4.98 Å². The lowest BCUT2D eigenvalue weighted by Gasteiger charge is -2.14. The molecule has 1 aromatic heterocycles. The van der Waals surface area contributed by atoms with Crippen LogP contribution >= 0.6 is 11.8 Å². The zero-order valence-corrected chi connectivity index (χ0v) is 11.5. The lowest BCUT2D eigenvalue weighted by molar-refractivity contribution is 0.632. The fourth-order valence-electron chi connectivity index (χ4n) is 2.45. The molecule has 94 valence electrons. The van der Waals surface area contributed by atoms with Crippen LogP contribution in [0.4, 0.5) is 5.69 Å². The SMILES string of the molecule is Cc1cc(NCC2CCSC2)c2ccccc2n1. The summed E-state index contributed by atoms with van der Waals surface area (Å²) in [5.74, 6) is 3.44. The Labute approximate surface area is 112 Å². The molecule has 1 unspecified atom stereocenters. The molecule has 1 aliphatic heterocycles. The molecule has 1 aliphatic rings.